The maximum Gasteiger partial charge on any atom is 0.278 e. The Bertz CT molecular complexity index is 379. The Morgan fingerprint density at radius 3 is 2.80 bits per heavy atom. The molecule has 1 rings (SSSR count). The Hall–Kier alpha value is -1.53. The molecule has 0 aromatic carbocycles. The molecule has 0 saturated heterocycles. The zero-order chi connectivity index (χ0) is 11.4. The van der Waals surface area contributed by atoms with Crippen LogP contribution in [-0.2, 0) is 11.4 Å². The van der Waals surface area contributed by atoms with Gasteiger partial charge in [0.15, 0.2) is 0 Å². The van der Waals surface area contributed by atoms with Gasteiger partial charge in [-0.05, 0) is 13.8 Å². The molecule has 6 nitrogen and oxygen atoms in total. The third kappa shape index (κ3) is 2.48. The van der Waals surface area contributed by atoms with E-state index < -0.39 is 0 Å². The van der Waals surface area contributed by atoms with Gasteiger partial charge < -0.3 is 4.84 Å². The van der Waals surface area contributed by atoms with Gasteiger partial charge in [-0.2, -0.15) is 5.48 Å². The largest absolute Gasteiger partial charge is 0.305 e. The van der Waals surface area contributed by atoms with Crippen LogP contribution in [0.25, 0.3) is 0 Å². The minimum Gasteiger partial charge on any atom is -0.305 e. The van der Waals surface area contributed by atoms with Crippen molar-refractivity contribution < 1.29 is 9.76 Å². The van der Waals surface area contributed by atoms with Crippen molar-refractivity contribution in [3.8, 4) is 0 Å². The van der Waals surface area contributed by atoms with E-state index in [1.54, 1.807) is 13.8 Å². The van der Waals surface area contributed by atoms with Gasteiger partial charge in [-0.1, -0.05) is 0 Å². The molecular formula is C9H13N3O3. The van der Waals surface area contributed by atoms with Gasteiger partial charge in [0.2, 0.25) is 0 Å². The van der Waals surface area contributed by atoms with Crippen LogP contribution in [0.4, 0.5) is 5.69 Å². The van der Waals surface area contributed by atoms with Gasteiger partial charge in [0.1, 0.15) is 0 Å². The van der Waals surface area contributed by atoms with Gasteiger partial charge in [-0.25, -0.2) is 0 Å². The fourth-order valence-electron chi connectivity index (χ4n) is 1.36. The summed E-state index contributed by atoms with van der Waals surface area (Å²) >= 11 is 0. The number of hydrogen-bond donors (Lipinski definition) is 1. The average Bonchev–Trinajstić information content (AvgIpc) is 2.16. The molecule has 15 heavy (non-hydrogen) atoms. The minimum absolute atomic E-state index is 0.123. The van der Waals surface area contributed by atoms with E-state index in [0.29, 0.717) is 23.4 Å². The number of rotatable bonds is 4. The van der Waals surface area contributed by atoms with Crippen LogP contribution in [0.3, 0.4) is 0 Å². The van der Waals surface area contributed by atoms with E-state index in [1.807, 2.05) is 0 Å². The summed E-state index contributed by atoms with van der Waals surface area (Å²) in [4.78, 5) is 19.2. The van der Waals surface area contributed by atoms with Crippen LogP contribution in [0.5, 0.6) is 0 Å². The van der Waals surface area contributed by atoms with Gasteiger partial charge >= 0.3 is 0 Å². The molecule has 1 heterocycles. The van der Waals surface area contributed by atoms with Crippen LogP contribution in [0.2, 0.25) is 0 Å². The first kappa shape index (κ1) is 11.5. The SMILES string of the molecule is CONCc1ncc(C)c([N+](=O)[O-])c1C. The quantitative estimate of drug-likeness (QED) is 0.599. The van der Waals surface area contributed by atoms with E-state index >= 15 is 0 Å². The van der Waals surface area contributed by atoms with Crippen LogP contribution < -0.4 is 5.48 Å². The highest BCUT2D eigenvalue weighted by Crippen LogP contribution is 2.23. The second kappa shape index (κ2) is 4.81. The van der Waals surface area contributed by atoms with Crippen molar-refractivity contribution in [2.24, 2.45) is 0 Å². The lowest BCUT2D eigenvalue weighted by Gasteiger charge is -2.07. The molecule has 0 radical (unpaired) electrons. The fourth-order valence-corrected chi connectivity index (χ4v) is 1.36. The summed E-state index contributed by atoms with van der Waals surface area (Å²) in [6, 6.07) is 0. The summed E-state index contributed by atoms with van der Waals surface area (Å²) in [5.74, 6) is 0. The summed E-state index contributed by atoms with van der Waals surface area (Å²) in [5, 5.41) is 10.8. The number of nitrogens with zero attached hydrogens (tertiary/aromatic N) is 2. The Kier molecular flexibility index (Phi) is 3.70. The summed E-state index contributed by atoms with van der Waals surface area (Å²) in [7, 11) is 1.48. The number of nitro groups is 1. The van der Waals surface area contributed by atoms with E-state index in [1.165, 1.54) is 13.3 Å². The monoisotopic (exact) mass is 211 g/mol. The van der Waals surface area contributed by atoms with E-state index in [2.05, 4.69) is 15.3 Å². The molecule has 0 unspecified atom stereocenters. The minimum atomic E-state index is -0.386. The van der Waals surface area contributed by atoms with Crippen molar-refractivity contribution in [2.45, 2.75) is 20.4 Å². The highest BCUT2D eigenvalue weighted by molar-refractivity contribution is 5.47. The summed E-state index contributed by atoms with van der Waals surface area (Å²) in [5.41, 5.74) is 4.49. The molecule has 0 bridgehead atoms. The molecule has 0 spiro atoms. The molecule has 0 aliphatic rings. The summed E-state index contributed by atoms with van der Waals surface area (Å²) < 4.78 is 0. The van der Waals surface area contributed by atoms with Crippen LogP contribution in [-0.4, -0.2) is 17.0 Å². The first-order valence-electron chi connectivity index (χ1n) is 4.43. The van der Waals surface area contributed by atoms with Gasteiger partial charge in [0, 0.05) is 17.3 Å². The molecule has 0 fully saturated rings. The Morgan fingerprint density at radius 2 is 2.27 bits per heavy atom. The summed E-state index contributed by atoms with van der Waals surface area (Å²) in [6.07, 6.45) is 1.50. The fraction of sp³-hybridized carbons (Fsp3) is 0.444. The van der Waals surface area contributed by atoms with Crippen molar-refractivity contribution >= 4 is 5.69 Å². The topological polar surface area (TPSA) is 77.3 Å². The lowest BCUT2D eigenvalue weighted by Crippen LogP contribution is -2.14. The number of hydrogen-bond acceptors (Lipinski definition) is 5. The number of hydroxylamine groups is 1. The molecule has 0 aliphatic carbocycles. The molecule has 6 heteroatoms. The third-order valence-corrected chi connectivity index (χ3v) is 2.14. The molecule has 0 aliphatic heterocycles. The normalized spacial score (nSPS) is 10.3. The zero-order valence-electron chi connectivity index (χ0n) is 8.90. The van der Waals surface area contributed by atoms with Crippen molar-refractivity contribution in [3.05, 3.63) is 33.1 Å². The smallest absolute Gasteiger partial charge is 0.278 e. The maximum absolute atomic E-state index is 10.8. The number of pyridine rings is 1. The number of aromatic nitrogens is 1. The molecule has 1 N–H and O–H groups in total. The van der Waals surface area contributed by atoms with E-state index in [4.69, 9.17) is 0 Å². The van der Waals surface area contributed by atoms with Crippen molar-refractivity contribution in [3.63, 3.8) is 0 Å². The second-order valence-corrected chi connectivity index (χ2v) is 3.14. The maximum atomic E-state index is 10.8. The van der Waals surface area contributed by atoms with Crippen molar-refractivity contribution in [2.75, 3.05) is 7.11 Å². The van der Waals surface area contributed by atoms with E-state index in [0.717, 1.165) is 0 Å². The molecular weight excluding hydrogens is 198 g/mol. The Morgan fingerprint density at radius 1 is 1.60 bits per heavy atom. The van der Waals surface area contributed by atoms with Crippen molar-refractivity contribution in [1.29, 1.82) is 0 Å². The molecule has 1 aromatic heterocycles. The van der Waals surface area contributed by atoms with Crippen LogP contribution >= 0.6 is 0 Å². The predicted octanol–water partition coefficient (Wildman–Crippen LogP) is 1.26. The number of aryl methyl sites for hydroxylation is 1. The van der Waals surface area contributed by atoms with Gasteiger partial charge in [-0.3, -0.25) is 15.1 Å². The van der Waals surface area contributed by atoms with Crippen molar-refractivity contribution in [1.82, 2.24) is 10.5 Å². The van der Waals surface area contributed by atoms with Gasteiger partial charge in [0.05, 0.1) is 24.3 Å². The molecule has 0 saturated carbocycles. The standard InChI is InChI=1S/C9H13N3O3/c1-6-4-10-8(5-11-15-3)7(2)9(6)12(13)14/h4,11H,5H2,1-3H3. The van der Waals surface area contributed by atoms with Gasteiger partial charge in [0.25, 0.3) is 5.69 Å². The average molecular weight is 211 g/mol. The molecule has 0 atom stereocenters. The van der Waals surface area contributed by atoms with Gasteiger partial charge in [-0.15, -0.1) is 0 Å². The lowest BCUT2D eigenvalue weighted by molar-refractivity contribution is -0.386. The van der Waals surface area contributed by atoms with Crippen LogP contribution in [0.15, 0.2) is 6.20 Å². The molecule has 82 valence electrons. The highest BCUT2D eigenvalue weighted by Gasteiger charge is 2.18. The zero-order valence-corrected chi connectivity index (χ0v) is 8.90. The summed E-state index contributed by atoms with van der Waals surface area (Å²) in [6.45, 7) is 3.71. The lowest BCUT2D eigenvalue weighted by atomic mass is 10.1. The highest BCUT2D eigenvalue weighted by atomic mass is 16.6. The first-order valence-corrected chi connectivity index (χ1v) is 4.43. The Labute approximate surface area is 87.4 Å². The van der Waals surface area contributed by atoms with E-state index in [-0.39, 0.29) is 10.6 Å². The molecule has 1 aromatic rings. The third-order valence-electron chi connectivity index (χ3n) is 2.14. The molecule has 0 amide bonds. The number of nitrogens with one attached hydrogen (secondary N) is 1. The predicted molar refractivity (Wildman–Crippen MR) is 54.2 cm³/mol. The van der Waals surface area contributed by atoms with Crippen LogP contribution in [0.1, 0.15) is 16.8 Å². The van der Waals surface area contributed by atoms with Crippen LogP contribution in [0, 0.1) is 24.0 Å². The van der Waals surface area contributed by atoms with E-state index in [9.17, 15) is 10.1 Å². The Balaban J connectivity index is 3.11. The first-order chi connectivity index (χ1) is 7.07. The second-order valence-electron chi connectivity index (χ2n) is 3.14.